The fourth-order valence-electron chi connectivity index (χ4n) is 2.49. The zero-order chi connectivity index (χ0) is 12.7. The van der Waals surface area contributed by atoms with Gasteiger partial charge in [0.15, 0.2) is 0 Å². The Labute approximate surface area is 111 Å². The van der Waals surface area contributed by atoms with Crippen LogP contribution in [-0.4, -0.2) is 9.55 Å². The lowest BCUT2D eigenvalue weighted by Crippen LogP contribution is -2.19. The number of nitrogens with zero attached hydrogens (tertiary/aromatic N) is 3. The van der Waals surface area contributed by atoms with Crippen LogP contribution in [-0.2, 0) is 0 Å². The molecule has 1 fully saturated rings. The van der Waals surface area contributed by atoms with Crippen molar-refractivity contribution >= 4 is 22.6 Å². The van der Waals surface area contributed by atoms with Crippen LogP contribution in [0.4, 0.5) is 0 Å². The molecule has 0 amide bonds. The molecule has 2 aromatic rings. The average molecular weight is 260 g/mol. The van der Waals surface area contributed by atoms with Gasteiger partial charge in [-0.3, -0.25) is 0 Å². The summed E-state index contributed by atoms with van der Waals surface area (Å²) in [6.07, 6.45) is 3.62. The largest absolute Gasteiger partial charge is 0.324 e. The first-order valence-electron chi connectivity index (χ1n) is 6.27. The average Bonchev–Trinajstić information content (AvgIpc) is 2.66. The first-order valence-corrected chi connectivity index (χ1v) is 6.70. The summed E-state index contributed by atoms with van der Waals surface area (Å²) < 4.78 is 2.23. The van der Waals surface area contributed by atoms with Gasteiger partial charge in [-0.2, -0.15) is 5.26 Å². The van der Waals surface area contributed by atoms with E-state index in [2.05, 4.69) is 15.6 Å². The highest BCUT2D eigenvalue weighted by Gasteiger charge is 2.26. The lowest BCUT2D eigenvalue weighted by atomic mass is 9.92. The van der Waals surface area contributed by atoms with Crippen molar-refractivity contribution < 1.29 is 0 Å². The maximum absolute atomic E-state index is 9.01. The maximum atomic E-state index is 9.01. The molecule has 3 rings (SSSR count). The van der Waals surface area contributed by atoms with E-state index in [9.17, 15) is 0 Å². The predicted octanol–water partition coefficient (Wildman–Crippen LogP) is 3.93. The minimum Gasteiger partial charge on any atom is -0.324 e. The van der Waals surface area contributed by atoms with Crippen LogP contribution < -0.4 is 0 Å². The molecule has 1 aliphatic carbocycles. The molecule has 1 unspecified atom stereocenters. The van der Waals surface area contributed by atoms with E-state index in [0.29, 0.717) is 11.6 Å². The van der Waals surface area contributed by atoms with Gasteiger partial charge in [0, 0.05) is 6.04 Å². The van der Waals surface area contributed by atoms with Crippen molar-refractivity contribution in [2.45, 2.75) is 37.6 Å². The van der Waals surface area contributed by atoms with E-state index in [4.69, 9.17) is 16.9 Å². The van der Waals surface area contributed by atoms with Crippen LogP contribution in [0.2, 0.25) is 0 Å². The number of benzene rings is 1. The fraction of sp³-hybridized carbons (Fsp3) is 0.429. The number of fused-ring (bicyclic) bond motifs is 1. The van der Waals surface area contributed by atoms with Crippen molar-refractivity contribution in [2.75, 3.05) is 0 Å². The Morgan fingerprint density at radius 3 is 2.83 bits per heavy atom. The van der Waals surface area contributed by atoms with Gasteiger partial charge in [-0.1, -0.05) is 0 Å². The van der Waals surface area contributed by atoms with Gasteiger partial charge in [-0.05, 0) is 44.4 Å². The summed E-state index contributed by atoms with van der Waals surface area (Å²) >= 11 is 6.23. The maximum Gasteiger partial charge on any atom is 0.127 e. The van der Waals surface area contributed by atoms with E-state index >= 15 is 0 Å². The molecule has 92 valence electrons. The molecule has 0 saturated heterocycles. The Bertz CT molecular complexity index is 632. The summed E-state index contributed by atoms with van der Waals surface area (Å²) in [7, 11) is 0. The highest BCUT2D eigenvalue weighted by molar-refractivity contribution is 6.20. The van der Waals surface area contributed by atoms with Crippen LogP contribution in [0.5, 0.6) is 0 Å². The summed E-state index contributed by atoms with van der Waals surface area (Å²) in [5.74, 6) is 0.923. The van der Waals surface area contributed by atoms with Crippen molar-refractivity contribution in [2.24, 2.45) is 0 Å². The second kappa shape index (κ2) is 4.29. The normalized spacial score (nSPS) is 17.4. The van der Waals surface area contributed by atoms with Gasteiger partial charge in [-0.15, -0.1) is 11.6 Å². The fourth-order valence-corrected chi connectivity index (χ4v) is 2.64. The van der Waals surface area contributed by atoms with Crippen LogP contribution in [0.3, 0.4) is 0 Å². The first-order chi connectivity index (χ1) is 8.70. The molecule has 4 heteroatoms. The molecule has 1 saturated carbocycles. The number of rotatable bonds is 2. The number of halogens is 1. The van der Waals surface area contributed by atoms with Crippen LogP contribution in [0.15, 0.2) is 18.2 Å². The standard InChI is InChI=1S/C14H14ClN3/c1-9(15)14-17-12-6-5-10(8-16)7-13(12)18(14)11-3-2-4-11/h5-7,9,11H,2-4H2,1H3. The molecule has 1 heterocycles. The number of hydrogen-bond acceptors (Lipinski definition) is 2. The molecule has 1 aliphatic rings. The molecule has 0 aliphatic heterocycles. The first kappa shape index (κ1) is 11.6. The SMILES string of the molecule is CC(Cl)c1nc2ccc(C#N)cc2n1C1CCC1. The van der Waals surface area contributed by atoms with Gasteiger partial charge in [0.2, 0.25) is 0 Å². The number of imidazole rings is 1. The van der Waals surface area contributed by atoms with Gasteiger partial charge in [0.1, 0.15) is 5.82 Å². The molecule has 0 radical (unpaired) electrons. The summed E-state index contributed by atoms with van der Waals surface area (Å²) in [5, 5.41) is 8.90. The second-order valence-corrected chi connectivity index (χ2v) is 5.51. The molecular formula is C14H14ClN3. The third-order valence-corrected chi connectivity index (χ3v) is 3.84. The Balaban J connectivity index is 2.25. The van der Waals surface area contributed by atoms with Gasteiger partial charge < -0.3 is 4.57 Å². The molecule has 3 nitrogen and oxygen atoms in total. The Morgan fingerprint density at radius 2 is 2.28 bits per heavy atom. The molecule has 0 N–H and O–H groups in total. The Morgan fingerprint density at radius 1 is 1.50 bits per heavy atom. The molecule has 0 spiro atoms. The minimum atomic E-state index is -0.108. The van der Waals surface area contributed by atoms with E-state index in [0.717, 1.165) is 16.9 Å². The van der Waals surface area contributed by atoms with Crippen molar-refractivity contribution in [1.82, 2.24) is 9.55 Å². The zero-order valence-corrected chi connectivity index (χ0v) is 11.0. The van der Waals surface area contributed by atoms with Crippen molar-refractivity contribution in [3.05, 3.63) is 29.6 Å². The highest BCUT2D eigenvalue weighted by atomic mass is 35.5. The summed E-state index contributed by atoms with van der Waals surface area (Å²) in [6.45, 7) is 1.95. The smallest absolute Gasteiger partial charge is 0.127 e. The van der Waals surface area contributed by atoms with Gasteiger partial charge in [0.25, 0.3) is 0 Å². The molecule has 0 bridgehead atoms. The molecular weight excluding hydrogens is 246 g/mol. The van der Waals surface area contributed by atoms with E-state index in [-0.39, 0.29) is 5.38 Å². The van der Waals surface area contributed by atoms with Crippen molar-refractivity contribution in [3.63, 3.8) is 0 Å². The number of hydrogen-bond donors (Lipinski definition) is 0. The van der Waals surface area contributed by atoms with E-state index in [1.807, 2.05) is 25.1 Å². The van der Waals surface area contributed by atoms with E-state index < -0.39 is 0 Å². The lowest BCUT2D eigenvalue weighted by molar-refractivity contribution is 0.313. The monoisotopic (exact) mass is 259 g/mol. The van der Waals surface area contributed by atoms with E-state index in [1.54, 1.807) is 0 Å². The summed E-state index contributed by atoms with van der Waals surface area (Å²) in [6, 6.07) is 8.32. The van der Waals surface area contributed by atoms with E-state index in [1.165, 1.54) is 19.3 Å². The third kappa shape index (κ3) is 1.69. The Hall–Kier alpha value is -1.53. The zero-order valence-electron chi connectivity index (χ0n) is 10.2. The topological polar surface area (TPSA) is 41.6 Å². The third-order valence-electron chi connectivity index (χ3n) is 3.64. The van der Waals surface area contributed by atoms with Crippen molar-refractivity contribution in [3.8, 4) is 6.07 Å². The van der Waals surface area contributed by atoms with Crippen LogP contribution in [0.25, 0.3) is 11.0 Å². The number of alkyl halides is 1. The van der Waals surface area contributed by atoms with Crippen LogP contribution >= 0.6 is 11.6 Å². The summed E-state index contributed by atoms with van der Waals surface area (Å²) in [4.78, 5) is 4.61. The molecule has 18 heavy (non-hydrogen) atoms. The quantitative estimate of drug-likeness (QED) is 0.767. The lowest BCUT2D eigenvalue weighted by Gasteiger charge is -2.29. The highest BCUT2D eigenvalue weighted by Crippen LogP contribution is 2.38. The molecule has 1 aromatic heterocycles. The number of aromatic nitrogens is 2. The second-order valence-electron chi connectivity index (χ2n) is 4.86. The molecule has 1 atom stereocenters. The van der Waals surface area contributed by atoms with Crippen molar-refractivity contribution in [1.29, 1.82) is 5.26 Å². The summed E-state index contributed by atoms with van der Waals surface area (Å²) in [5.41, 5.74) is 2.65. The van der Waals surface area contributed by atoms with Gasteiger partial charge in [-0.25, -0.2) is 4.98 Å². The van der Waals surface area contributed by atoms with Gasteiger partial charge in [0.05, 0.1) is 28.0 Å². The van der Waals surface area contributed by atoms with Crippen LogP contribution in [0, 0.1) is 11.3 Å². The number of nitriles is 1. The van der Waals surface area contributed by atoms with Crippen LogP contribution in [0.1, 0.15) is 49.0 Å². The Kier molecular flexibility index (Phi) is 2.76. The minimum absolute atomic E-state index is 0.108. The van der Waals surface area contributed by atoms with Gasteiger partial charge >= 0.3 is 0 Å². The molecule has 1 aromatic carbocycles. The predicted molar refractivity (Wildman–Crippen MR) is 71.6 cm³/mol.